The molecular formula is C21H20FN5O. The molecule has 1 aliphatic heterocycles. The summed E-state index contributed by atoms with van der Waals surface area (Å²) in [7, 11) is 2.13. The summed E-state index contributed by atoms with van der Waals surface area (Å²) in [5.41, 5.74) is 3.31. The summed E-state index contributed by atoms with van der Waals surface area (Å²) >= 11 is 0. The highest BCUT2D eigenvalue weighted by atomic mass is 19.1. The lowest BCUT2D eigenvalue weighted by Crippen LogP contribution is -2.35. The van der Waals surface area contributed by atoms with Crippen molar-refractivity contribution in [3.63, 3.8) is 0 Å². The van der Waals surface area contributed by atoms with Crippen LogP contribution in [0.2, 0.25) is 0 Å². The fraction of sp³-hybridized carbons (Fsp3) is 0.286. The predicted octanol–water partition coefficient (Wildman–Crippen LogP) is 3.79. The van der Waals surface area contributed by atoms with Gasteiger partial charge in [-0.1, -0.05) is 6.07 Å². The largest absolute Gasteiger partial charge is 0.474 e. The lowest BCUT2D eigenvalue weighted by Gasteiger charge is -2.29. The Morgan fingerprint density at radius 1 is 1.11 bits per heavy atom. The van der Waals surface area contributed by atoms with E-state index in [-0.39, 0.29) is 11.9 Å². The van der Waals surface area contributed by atoms with Crippen molar-refractivity contribution < 1.29 is 9.13 Å². The van der Waals surface area contributed by atoms with Crippen LogP contribution >= 0.6 is 0 Å². The Labute approximate surface area is 161 Å². The number of ether oxygens (including phenoxy) is 1. The number of rotatable bonds is 3. The van der Waals surface area contributed by atoms with Crippen LogP contribution in [0.15, 0.2) is 43.0 Å². The summed E-state index contributed by atoms with van der Waals surface area (Å²) in [5.74, 6) is 0.245. The van der Waals surface area contributed by atoms with E-state index in [4.69, 9.17) is 4.74 Å². The lowest BCUT2D eigenvalue weighted by molar-refractivity contribution is 0.111. The van der Waals surface area contributed by atoms with Crippen molar-refractivity contribution in [2.24, 2.45) is 0 Å². The molecule has 0 bridgehead atoms. The number of nitrogens with zero attached hydrogens (tertiary/aromatic N) is 4. The zero-order valence-corrected chi connectivity index (χ0v) is 15.5. The number of aromatic amines is 1. The number of nitrogens with one attached hydrogen (secondary N) is 1. The van der Waals surface area contributed by atoms with Gasteiger partial charge in [-0.15, -0.1) is 0 Å². The van der Waals surface area contributed by atoms with Crippen molar-refractivity contribution in [3.05, 3.63) is 48.8 Å². The first kappa shape index (κ1) is 17.1. The molecule has 4 heterocycles. The van der Waals surface area contributed by atoms with Crippen molar-refractivity contribution >= 4 is 21.9 Å². The number of aromatic nitrogens is 4. The molecule has 0 atom stereocenters. The van der Waals surface area contributed by atoms with Gasteiger partial charge >= 0.3 is 0 Å². The van der Waals surface area contributed by atoms with Crippen LogP contribution in [0, 0.1) is 5.82 Å². The quantitative estimate of drug-likeness (QED) is 0.588. The van der Waals surface area contributed by atoms with E-state index in [1.807, 2.05) is 24.4 Å². The highest BCUT2D eigenvalue weighted by Gasteiger charge is 2.20. The van der Waals surface area contributed by atoms with Crippen molar-refractivity contribution in [1.82, 2.24) is 24.8 Å². The first-order valence-electron chi connectivity index (χ1n) is 9.40. The third-order valence-electron chi connectivity index (χ3n) is 5.35. The maximum atomic E-state index is 13.7. The van der Waals surface area contributed by atoms with Crippen LogP contribution in [0.1, 0.15) is 12.8 Å². The van der Waals surface area contributed by atoms with Gasteiger partial charge in [0, 0.05) is 30.2 Å². The van der Waals surface area contributed by atoms with Crippen LogP contribution in [-0.4, -0.2) is 51.1 Å². The molecule has 6 nitrogen and oxygen atoms in total. The fourth-order valence-corrected chi connectivity index (χ4v) is 3.77. The number of H-pyrrole nitrogens is 1. The Bertz CT molecular complexity index is 1150. The van der Waals surface area contributed by atoms with E-state index in [1.54, 1.807) is 0 Å². The minimum absolute atomic E-state index is 0.157. The average Bonchev–Trinajstić information content (AvgIpc) is 3.13. The van der Waals surface area contributed by atoms with Crippen LogP contribution in [0.4, 0.5) is 4.39 Å². The predicted molar refractivity (Wildman–Crippen MR) is 106 cm³/mol. The van der Waals surface area contributed by atoms with Gasteiger partial charge in [-0.25, -0.2) is 19.3 Å². The first-order valence-corrected chi connectivity index (χ1v) is 9.40. The molecule has 0 aliphatic carbocycles. The van der Waals surface area contributed by atoms with Gasteiger partial charge in [0.25, 0.3) is 0 Å². The van der Waals surface area contributed by atoms with Crippen molar-refractivity contribution in [2.75, 3.05) is 20.1 Å². The summed E-state index contributed by atoms with van der Waals surface area (Å²) < 4.78 is 19.9. The minimum Gasteiger partial charge on any atom is -0.474 e. The molecule has 0 saturated carbocycles. The van der Waals surface area contributed by atoms with Crippen LogP contribution in [-0.2, 0) is 0 Å². The average molecular weight is 377 g/mol. The second-order valence-corrected chi connectivity index (χ2v) is 7.28. The van der Waals surface area contributed by atoms with Crippen molar-refractivity contribution in [2.45, 2.75) is 18.9 Å². The van der Waals surface area contributed by atoms with E-state index >= 15 is 0 Å². The number of hydrogen-bond acceptors (Lipinski definition) is 5. The molecule has 142 valence electrons. The number of hydrogen-bond donors (Lipinski definition) is 1. The lowest BCUT2D eigenvalue weighted by atomic mass is 10.0. The minimum atomic E-state index is -0.358. The van der Waals surface area contributed by atoms with E-state index in [2.05, 4.69) is 31.9 Å². The summed E-state index contributed by atoms with van der Waals surface area (Å²) in [6, 6.07) is 7.42. The van der Waals surface area contributed by atoms with Gasteiger partial charge in [-0.3, -0.25) is 0 Å². The topological polar surface area (TPSA) is 66.9 Å². The molecular weight excluding hydrogens is 357 g/mol. The van der Waals surface area contributed by atoms with Gasteiger partial charge in [0.1, 0.15) is 23.9 Å². The zero-order chi connectivity index (χ0) is 19.1. The zero-order valence-electron chi connectivity index (χ0n) is 15.5. The maximum absolute atomic E-state index is 13.7. The monoisotopic (exact) mass is 377 g/mol. The number of piperidine rings is 1. The van der Waals surface area contributed by atoms with Crippen LogP contribution in [0.25, 0.3) is 33.1 Å². The normalized spacial score (nSPS) is 16.1. The van der Waals surface area contributed by atoms with Gasteiger partial charge in [-0.05, 0) is 43.7 Å². The molecule has 1 N–H and O–H groups in total. The molecule has 0 spiro atoms. The summed E-state index contributed by atoms with van der Waals surface area (Å²) in [4.78, 5) is 18.3. The Balaban J connectivity index is 1.55. The van der Waals surface area contributed by atoms with E-state index in [9.17, 15) is 4.39 Å². The van der Waals surface area contributed by atoms with Crippen LogP contribution < -0.4 is 4.74 Å². The Hall–Kier alpha value is -3.06. The number of likely N-dealkylation sites (tertiary alicyclic amines) is 1. The number of halogens is 1. The number of benzene rings is 1. The molecule has 4 aromatic rings. The third-order valence-corrected chi connectivity index (χ3v) is 5.35. The van der Waals surface area contributed by atoms with Crippen molar-refractivity contribution in [1.29, 1.82) is 0 Å². The van der Waals surface area contributed by atoms with Gasteiger partial charge in [0.05, 0.1) is 17.1 Å². The highest BCUT2D eigenvalue weighted by Crippen LogP contribution is 2.33. The summed E-state index contributed by atoms with van der Waals surface area (Å²) in [5, 5.41) is 1.60. The molecule has 1 saturated heterocycles. The van der Waals surface area contributed by atoms with Gasteiger partial charge < -0.3 is 14.6 Å². The molecule has 3 aromatic heterocycles. The van der Waals surface area contributed by atoms with Gasteiger partial charge in [-0.2, -0.15) is 0 Å². The smallest absolute Gasteiger partial charge is 0.224 e. The Kier molecular flexibility index (Phi) is 4.16. The third kappa shape index (κ3) is 3.07. The second kappa shape index (κ2) is 6.83. The van der Waals surface area contributed by atoms with Crippen LogP contribution in [0.5, 0.6) is 5.88 Å². The summed E-state index contributed by atoms with van der Waals surface area (Å²) in [6.07, 6.45) is 6.72. The Morgan fingerprint density at radius 2 is 1.96 bits per heavy atom. The second-order valence-electron chi connectivity index (χ2n) is 7.28. The number of fused-ring (bicyclic) bond motifs is 2. The molecule has 0 radical (unpaired) electrons. The molecule has 0 amide bonds. The van der Waals surface area contributed by atoms with E-state index < -0.39 is 0 Å². The standard InChI is InChI=1S/C21H20FN5O/c1-27-6-4-15(5-7-27)28-21-17-8-13(2-3-19(17)25-12-26-21)18-11-24-20-16(18)9-14(22)10-23-20/h2-3,8-12,15H,4-7H2,1H3,(H,23,24). The molecule has 0 unspecified atom stereocenters. The van der Waals surface area contributed by atoms with Gasteiger partial charge in [0.15, 0.2) is 0 Å². The highest BCUT2D eigenvalue weighted by molar-refractivity contribution is 5.97. The SMILES string of the molecule is CN1CCC(Oc2ncnc3ccc(-c4c[nH]c5ncc(F)cc45)cc23)CC1. The molecule has 5 rings (SSSR count). The fourth-order valence-electron chi connectivity index (χ4n) is 3.77. The first-order chi connectivity index (χ1) is 13.7. The molecule has 1 aromatic carbocycles. The molecule has 1 fully saturated rings. The van der Waals surface area contributed by atoms with Gasteiger partial charge in [0.2, 0.25) is 5.88 Å². The van der Waals surface area contributed by atoms with E-state index in [0.717, 1.165) is 53.3 Å². The molecule has 1 aliphatic rings. The summed E-state index contributed by atoms with van der Waals surface area (Å²) in [6.45, 7) is 2.04. The maximum Gasteiger partial charge on any atom is 0.224 e. The molecule has 7 heteroatoms. The number of pyridine rings is 1. The van der Waals surface area contributed by atoms with E-state index in [1.165, 1.54) is 18.6 Å². The van der Waals surface area contributed by atoms with E-state index in [0.29, 0.717) is 11.5 Å². The van der Waals surface area contributed by atoms with Crippen LogP contribution in [0.3, 0.4) is 0 Å². The molecule has 28 heavy (non-hydrogen) atoms. The van der Waals surface area contributed by atoms with Crippen molar-refractivity contribution in [3.8, 4) is 17.0 Å². The Morgan fingerprint density at radius 3 is 2.82 bits per heavy atom.